The first-order valence-electron chi connectivity index (χ1n) is 9.92. The highest BCUT2D eigenvalue weighted by molar-refractivity contribution is 5.90. The molecule has 0 aliphatic rings. The van der Waals surface area contributed by atoms with Gasteiger partial charge in [0.1, 0.15) is 5.75 Å². The zero-order valence-electron chi connectivity index (χ0n) is 18.2. The van der Waals surface area contributed by atoms with Gasteiger partial charge in [-0.15, -0.1) is 0 Å². The molecule has 1 N–H and O–H groups in total. The summed E-state index contributed by atoms with van der Waals surface area (Å²) in [5.74, 6) is 1.72. The van der Waals surface area contributed by atoms with Gasteiger partial charge in [-0.2, -0.15) is 4.98 Å². The van der Waals surface area contributed by atoms with Crippen LogP contribution in [0.15, 0.2) is 40.9 Å². The van der Waals surface area contributed by atoms with E-state index in [1.54, 1.807) is 11.9 Å². The van der Waals surface area contributed by atoms with E-state index < -0.39 is 0 Å². The third kappa shape index (κ3) is 5.59. The van der Waals surface area contributed by atoms with Crippen LogP contribution in [0.1, 0.15) is 34.0 Å². The summed E-state index contributed by atoms with van der Waals surface area (Å²) in [5.41, 5.74) is 5.29. The quantitative estimate of drug-likeness (QED) is 0.618. The molecule has 0 fully saturated rings. The smallest absolute Gasteiger partial charge is 0.321 e. The number of hydrogen-bond donors (Lipinski definition) is 1. The highest BCUT2D eigenvalue weighted by atomic mass is 16.5. The molecule has 3 rings (SSSR count). The topological polar surface area (TPSA) is 80.5 Å². The molecule has 0 radical (unpaired) electrons. The summed E-state index contributed by atoms with van der Waals surface area (Å²) in [6, 6.07) is 11.7. The fourth-order valence-electron chi connectivity index (χ4n) is 3.08. The molecule has 0 spiro atoms. The Balaban J connectivity index is 1.49. The molecular formula is C23H28N4O3. The number of carbonyl (C=O) groups excluding carboxylic acids is 1. The standard InChI is InChI=1S/C23H28N4O3/c1-15-11-16(2)13-19(12-15)29-14-22-25-21(26-30-22)9-10-27(5)23(28)24-20-8-6-7-17(3)18(20)4/h6-8,11-13H,9-10,14H2,1-5H3,(H,24,28). The zero-order valence-corrected chi connectivity index (χ0v) is 18.2. The molecule has 0 saturated carbocycles. The second kappa shape index (κ2) is 9.43. The van der Waals surface area contributed by atoms with Crippen LogP contribution in [0, 0.1) is 27.7 Å². The van der Waals surface area contributed by atoms with E-state index in [0.717, 1.165) is 33.7 Å². The van der Waals surface area contributed by atoms with Crippen LogP contribution in [-0.4, -0.2) is 34.7 Å². The van der Waals surface area contributed by atoms with Gasteiger partial charge in [0.05, 0.1) is 0 Å². The van der Waals surface area contributed by atoms with Crippen LogP contribution >= 0.6 is 0 Å². The van der Waals surface area contributed by atoms with Crippen molar-refractivity contribution >= 4 is 11.7 Å². The van der Waals surface area contributed by atoms with E-state index in [4.69, 9.17) is 9.26 Å². The first-order chi connectivity index (χ1) is 14.3. The van der Waals surface area contributed by atoms with Crippen molar-refractivity contribution in [1.82, 2.24) is 15.0 Å². The van der Waals surface area contributed by atoms with E-state index in [9.17, 15) is 4.79 Å². The Labute approximate surface area is 177 Å². The van der Waals surface area contributed by atoms with Crippen molar-refractivity contribution in [3.63, 3.8) is 0 Å². The number of rotatable bonds is 7. The summed E-state index contributed by atoms with van der Waals surface area (Å²) in [4.78, 5) is 18.4. The van der Waals surface area contributed by atoms with Gasteiger partial charge < -0.3 is 19.5 Å². The molecule has 0 saturated heterocycles. The summed E-state index contributed by atoms with van der Waals surface area (Å²) in [6.45, 7) is 8.74. The van der Waals surface area contributed by atoms with Gasteiger partial charge in [0, 0.05) is 25.7 Å². The van der Waals surface area contributed by atoms with Crippen LogP contribution in [0.3, 0.4) is 0 Å². The number of urea groups is 1. The van der Waals surface area contributed by atoms with Gasteiger partial charge in [-0.1, -0.05) is 23.4 Å². The molecule has 1 aromatic heterocycles. The molecule has 7 nitrogen and oxygen atoms in total. The number of aromatic nitrogens is 2. The Morgan fingerprint density at radius 2 is 1.87 bits per heavy atom. The van der Waals surface area contributed by atoms with Gasteiger partial charge in [-0.05, 0) is 68.1 Å². The minimum absolute atomic E-state index is 0.175. The SMILES string of the molecule is Cc1cc(C)cc(OCc2nc(CCN(C)C(=O)Nc3cccc(C)c3C)no2)c1. The number of nitrogens with one attached hydrogen (secondary N) is 1. The van der Waals surface area contributed by atoms with Crippen LogP contribution < -0.4 is 10.1 Å². The van der Waals surface area contributed by atoms with E-state index >= 15 is 0 Å². The Kier molecular flexibility index (Phi) is 6.72. The number of nitrogens with zero attached hydrogens (tertiary/aromatic N) is 3. The first-order valence-corrected chi connectivity index (χ1v) is 9.92. The van der Waals surface area contributed by atoms with E-state index in [0.29, 0.717) is 24.7 Å². The average Bonchev–Trinajstić information content (AvgIpc) is 3.15. The fourth-order valence-corrected chi connectivity index (χ4v) is 3.08. The highest BCUT2D eigenvalue weighted by Gasteiger charge is 2.13. The molecule has 3 aromatic rings. The number of aryl methyl sites for hydroxylation is 3. The molecule has 7 heteroatoms. The molecule has 0 bridgehead atoms. The van der Waals surface area contributed by atoms with Gasteiger partial charge in [-0.25, -0.2) is 4.79 Å². The molecule has 0 aliphatic heterocycles. The highest BCUT2D eigenvalue weighted by Crippen LogP contribution is 2.19. The number of hydrogen-bond acceptors (Lipinski definition) is 5. The van der Waals surface area contributed by atoms with Gasteiger partial charge in [0.15, 0.2) is 12.4 Å². The molecule has 30 heavy (non-hydrogen) atoms. The third-order valence-corrected chi connectivity index (χ3v) is 4.93. The number of anilines is 1. The average molecular weight is 409 g/mol. The molecule has 0 atom stereocenters. The molecule has 1 heterocycles. The Morgan fingerprint density at radius 1 is 1.13 bits per heavy atom. The van der Waals surface area contributed by atoms with E-state index in [1.807, 2.05) is 58.0 Å². The number of amides is 2. The maximum Gasteiger partial charge on any atom is 0.321 e. The van der Waals surface area contributed by atoms with Gasteiger partial charge in [-0.3, -0.25) is 0 Å². The van der Waals surface area contributed by atoms with Crippen LogP contribution in [0.25, 0.3) is 0 Å². The van der Waals surface area contributed by atoms with Gasteiger partial charge in [0.25, 0.3) is 5.89 Å². The lowest BCUT2D eigenvalue weighted by Crippen LogP contribution is -2.33. The summed E-state index contributed by atoms with van der Waals surface area (Å²) < 4.78 is 11.0. The number of carbonyl (C=O) groups is 1. The first kappa shape index (κ1) is 21.4. The van der Waals surface area contributed by atoms with Crippen LogP contribution in [-0.2, 0) is 13.0 Å². The minimum atomic E-state index is -0.175. The van der Waals surface area contributed by atoms with E-state index in [2.05, 4.69) is 21.5 Å². The lowest BCUT2D eigenvalue weighted by Gasteiger charge is -2.18. The van der Waals surface area contributed by atoms with Crippen LogP contribution in [0.5, 0.6) is 5.75 Å². The molecule has 2 amide bonds. The van der Waals surface area contributed by atoms with Crippen molar-refractivity contribution in [3.05, 3.63) is 70.4 Å². The molecular weight excluding hydrogens is 380 g/mol. The van der Waals surface area contributed by atoms with E-state index in [-0.39, 0.29) is 12.6 Å². The Morgan fingerprint density at radius 3 is 2.60 bits per heavy atom. The van der Waals surface area contributed by atoms with Gasteiger partial charge in [0.2, 0.25) is 0 Å². The fraction of sp³-hybridized carbons (Fsp3) is 0.348. The lowest BCUT2D eigenvalue weighted by molar-refractivity contribution is 0.222. The zero-order chi connectivity index (χ0) is 21.7. The van der Waals surface area contributed by atoms with E-state index in [1.165, 1.54) is 0 Å². The maximum atomic E-state index is 12.4. The molecule has 0 unspecified atom stereocenters. The molecule has 0 aliphatic carbocycles. The predicted molar refractivity (Wildman–Crippen MR) is 116 cm³/mol. The largest absolute Gasteiger partial charge is 0.484 e. The Hall–Kier alpha value is -3.35. The summed E-state index contributed by atoms with van der Waals surface area (Å²) in [6.07, 6.45) is 0.490. The van der Waals surface area contributed by atoms with Crippen molar-refractivity contribution in [3.8, 4) is 5.75 Å². The number of benzene rings is 2. The van der Waals surface area contributed by atoms with Crippen molar-refractivity contribution in [2.45, 2.75) is 40.7 Å². The van der Waals surface area contributed by atoms with Crippen LogP contribution in [0.2, 0.25) is 0 Å². The van der Waals surface area contributed by atoms with Crippen LogP contribution in [0.4, 0.5) is 10.5 Å². The Bertz CT molecular complexity index is 1010. The lowest BCUT2D eigenvalue weighted by atomic mass is 10.1. The van der Waals surface area contributed by atoms with Crippen molar-refractivity contribution in [2.75, 3.05) is 18.9 Å². The monoisotopic (exact) mass is 408 g/mol. The van der Waals surface area contributed by atoms with Crippen molar-refractivity contribution in [2.24, 2.45) is 0 Å². The normalized spacial score (nSPS) is 10.7. The van der Waals surface area contributed by atoms with Gasteiger partial charge >= 0.3 is 6.03 Å². The van der Waals surface area contributed by atoms with Crippen molar-refractivity contribution < 1.29 is 14.1 Å². The minimum Gasteiger partial charge on any atom is -0.484 e. The number of ether oxygens (including phenoxy) is 1. The molecule has 2 aromatic carbocycles. The summed E-state index contributed by atoms with van der Waals surface area (Å²) >= 11 is 0. The predicted octanol–water partition coefficient (Wildman–Crippen LogP) is 4.59. The summed E-state index contributed by atoms with van der Waals surface area (Å²) in [7, 11) is 1.74. The summed E-state index contributed by atoms with van der Waals surface area (Å²) in [5, 5.41) is 6.92. The number of likely N-dealkylation sites (N-methyl/N-ethyl adjacent to an activating group) is 1. The second-order valence-electron chi connectivity index (χ2n) is 7.57. The van der Waals surface area contributed by atoms with Crippen molar-refractivity contribution in [1.29, 1.82) is 0 Å². The third-order valence-electron chi connectivity index (χ3n) is 4.93. The maximum absolute atomic E-state index is 12.4. The second-order valence-corrected chi connectivity index (χ2v) is 7.57. The molecule has 158 valence electrons.